The molecule has 1 unspecified atom stereocenters. The lowest BCUT2D eigenvalue weighted by molar-refractivity contribution is -0.131. The van der Waals surface area contributed by atoms with E-state index in [9.17, 15) is 4.79 Å². The lowest BCUT2D eigenvalue weighted by Gasteiger charge is -2.32. The van der Waals surface area contributed by atoms with E-state index in [4.69, 9.17) is 9.72 Å². The molecule has 2 heterocycles. The summed E-state index contributed by atoms with van der Waals surface area (Å²) in [6.07, 6.45) is 0.513. The molecule has 29 heavy (non-hydrogen) atoms. The van der Waals surface area contributed by atoms with Crippen molar-refractivity contribution in [2.45, 2.75) is 52.1 Å². The number of aromatic nitrogens is 2. The van der Waals surface area contributed by atoms with E-state index in [1.165, 1.54) is 5.56 Å². The Morgan fingerprint density at radius 2 is 1.93 bits per heavy atom. The summed E-state index contributed by atoms with van der Waals surface area (Å²) < 4.78 is 8.23. The molecule has 4 rings (SSSR count). The molecule has 0 N–H and O–H groups in total. The largest absolute Gasteiger partial charge is 0.492 e. The normalized spacial score (nSPS) is 17.3. The van der Waals surface area contributed by atoms with E-state index in [1.807, 2.05) is 41.3 Å². The van der Waals surface area contributed by atoms with Gasteiger partial charge < -0.3 is 14.2 Å². The standard InChI is InChI=1S/C24H29N3O2/c1-17-8-7-9-19(14-17)29-13-12-26-21-11-6-5-10-20(21)25-23(26)18-15-22(28)27(16-18)24(2,3)4/h5-11,14,18H,12-13,15-16H2,1-4H3. The number of amides is 1. The van der Waals surface area contributed by atoms with E-state index in [1.54, 1.807) is 0 Å². The van der Waals surface area contributed by atoms with Crippen molar-refractivity contribution in [3.05, 3.63) is 59.9 Å². The third-order valence-electron chi connectivity index (χ3n) is 5.56. The molecule has 0 bridgehead atoms. The van der Waals surface area contributed by atoms with Crippen LogP contribution in [0.5, 0.6) is 5.75 Å². The van der Waals surface area contributed by atoms with Crippen molar-refractivity contribution in [3.63, 3.8) is 0 Å². The first-order chi connectivity index (χ1) is 13.8. The highest BCUT2D eigenvalue weighted by molar-refractivity contribution is 5.81. The number of hydrogen-bond donors (Lipinski definition) is 0. The number of hydrogen-bond acceptors (Lipinski definition) is 3. The second-order valence-corrected chi connectivity index (χ2v) is 8.85. The number of benzene rings is 2. The lowest BCUT2D eigenvalue weighted by Crippen LogP contribution is -2.42. The third kappa shape index (κ3) is 4.00. The molecule has 0 aliphatic carbocycles. The van der Waals surface area contributed by atoms with Crippen molar-refractivity contribution < 1.29 is 9.53 Å². The van der Waals surface area contributed by atoms with Gasteiger partial charge in [-0.3, -0.25) is 4.79 Å². The Morgan fingerprint density at radius 1 is 1.14 bits per heavy atom. The van der Waals surface area contributed by atoms with Crippen LogP contribution in [0, 0.1) is 6.92 Å². The number of carbonyl (C=O) groups is 1. The van der Waals surface area contributed by atoms with Gasteiger partial charge in [0, 0.05) is 24.4 Å². The summed E-state index contributed by atoms with van der Waals surface area (Å²) in [7, 11) is 0. The van der Waals surface area contributed by atoms with E-state index in [0.29, 0.717) is 26.1 Å². The Morgan fingerprint density at radius 3 is 2.66 bits per heavy atom. The number of aryl methyl sites for hydroxylation is 1. The Kier molecular flexibility index (Phi) is 5.07. The Bertz CT molecular complexity index is 1030. The van der Waals surface area contributed by atoms with Gasteiger partial charge in [-0.25, -0.2) is 4.98 Å². The molecule has 152 valence electrons. The molecular weight excluding hydrogens is 362 g/mol. The molecule has 1 saturated heterocycles. The van der Waals surface area contributed by atoms with E-state index in [-0.39, 0.29) is 17.4 Å². The van der Waals surface area contributed by atoms with Crippen LogP contribution in [-0.4, -0.2) is 39.0 Å². The minimum Gasteiger partial charge on any atom is -0.492 e. The van der Waals surface area contributed by atoms with Gasteiger partial charge in [-0.1, -0.05) is 24.3 Å². The third-order valence-corrected chi connectivity index (χ3v) is 5.56. The highest BCUT2D eigenvalue weighted by Crippen LogP contribution is 2.33. The fourth-order valence-electron chi connectivity index (χ4n) is 4.13. The van der Waals surface area contributed by atoms with Gasteiger partial charge in [0.25, 0.3) is 0 Å². The van der Waals surface area contributed by atoms with Gasteiger partial charge in [-0.05, 0) is 57.5 Å². The molecule has 5 heteroatoms. The van der Waals surface area contributed by atoms with Crippen LogP contribution in [0.2, 0.25) is 0 Å². The highest BCUT2D eigenvalue weighted by Gasteiger charge is 2.38. The second kappa shape index (κ2) is 7.54. The first-order valence-electron chi connectivity index (χ1n) is 10.3. The molecule has 5 nitrogen and oxygen atoms in total. The summed E-state index contributed by atoms with van der Waals surface area (Å²) >= 11 is 0. The summed E-state index contributed by atoms with van der Waals surface area (Å²) in [5.74, 6) is 2.18. The summed E-state index contributed by atoms with van der Waals surface area (Å²) in [4.78, 5) is 19.5. The van der Waals surface area contributed by atoms with E-state index in [0.717, 1.165) is 22.6 Å². The Labute approximate surface area is 172 Å². The fraction of sp³-hybridized carbons (Fsp3) is 0.417. The molecule has 3 aromatic rings. The van der Waals surface area contributed by atoms with Gasteiger partial charge in [0.2, 0.25) is 5.91 Å². The highest BCUT2D eigenvalue weighted by atomic mass is 16.5. The van der Waals surface area contributed by atoms with Crippen molar-refractivity contribution >= 4 is 16.9 Å². The van der Waals surface area contributed by atoms with Crippen LogP contribution in [-0.2, 0) is 11.3 Å². The molecule has 1 atom stereocenters. The number of carbonyl (C=O) groups excluding carboxylic acids is 1. The van der Waals surface area contributed by atoms with Crippen molar-refractivity contribution in [2.75, 3.05) is 13.2 Å². The topological polar surface area (TPSA) is 47.4 Å². The molecule has 1 aromatic heterocycles. The van der Waals surface area contributed by atoms with Crippen LogP contribution in [0.4, 0.5) is 0 Å². The minimum absolute atomic E-state index is 0.105. The SMILES string of the molecule is Cc1cccc(OCCn2c(C3CC(=O)N(C(C)(C)C)C3)nc3ccccc32)c1. The maximum Gasteiger partial charge on any atom is 0.223 e. The van der Waals surface area contributed by atoms with Crippen molar-refractivity contribution in [1.29, 1.82) is 0 Å². The summed E-state index contributed by atoms with van der Waals surface area (Å²) in [5, 5.41) is 0. The van der Waals surface area contributed by atoms with Gasteiger partial charge in [-0.2, -0.15) is 0 Å². The summed E-state index contributed by atoms with van der Waals surface area (Å²) in [5.41, 5.74) is 3.08. The smallest absolute Gasteiger partial charge is 0.223 e. The molecule has 2 aromatic carbocycles. The first-order valence-corrected chi connectivity index (χ1v) is 10.3. The number of rotatable bonds is 5. The molecule has 1 amide bonds. The number of imidazole rings is 1. The van der Waals surface area contributed by atoms with Gasteiger partial charge >= 0.3 is 0 Å². The molecule has 0 saturated carbocycles. The number of ether oxygens (including phenoxy) is 1. The molecule has 1 aliphatic rings. The van der Waals surface area contributed by atoms with Crippen LogP contribution < -0.4 is 4.74 Å². The second-order valence-electron chi connectivity index (χ2n) is 8.85. The van der Waals surface area contributed by atoms with E-state index < -0.39 is 0 Å². The van der Waals surface area contributed by atoms with Crippen LogP contribution >= 0.6 is 0 Å². The predicted molar refractivity (Wildman–Crippen MR) is 115 cm³/mol. The average Bonchev–Trinajstić information content (AvgIpc) is 3.22. The first kappa shape index (κ1) is 19.5. The van der Waals surface area contributed by atoms with E-state index >= 15 is 0 Å². The molecule has 0 radical (unpaired) electrons. The maximum atomic E-state index is 12.6. The lowest BCUT2D eigenvalue weighted by atomic mass is 10.1. The zero-order valence-electron chi connectivity index (χ0n) is 17.7. The average molecular weight is 392 g/mol. The Hall–Kier alpha value is -2.82. The van der Waals surface area contributed by atoms with Crippen molar-refractivity contribution in [1.82, 2.24) is 14.5 Å². The molecule has 1 fully saturated rings. The van der Waals surface area contributed by atoms with Gasteiger partial charge in [0.15, 0.2) is 0 Å². The molecule has 1 aliphatic heterocycles. The van der Waals surface area contributed by atoms with E-state index in [2.05, 4.69) is 44.4 Å². The van der Waals surface area contributed by atoms with Crippen LogP contribution in [0.1, 0.15) is 44.5 Å². The minimum atomic E-state index is -0.170. The quantitative estimate of drug-likeness (QED) is 0.642. The molecule has 0 spiro atoms. The fourth-order valence-corrected chi connectivity index (χ4v) is 4.13. The number of likely N-dealkylation sites (tertiary alicyclic amines) is 1. The zero-order valence-corrected chi connectivity index (χ0v) is 17.7. The number of fused-ring (bicyclic) bond motifs is 1. The zero-order chi connectivity index (χ0) is 20.6. The maximum absolute atomic E-state index is 12.6. The summed E-state index contributed by atoms with van der Waals surface area (Å²) in [6.45, 7) is 10.3. The van der Waals surface area contributed by atoms with Gasteiger partial charge in [0.1, 0.15) is 18.2 Å². The number of nitrogens with zero attached hydrogens (tertiary/aromatic N) is 3. The Balaban J connectivity index is 1.59. The van der Waals surface area contributed by atoms with Gasteiger partial charge in [-0.15, -0.1) is 0 Å². The van der Waals surface area contributed by atoms with Crippen LogP contribution in [0.25, 0.3) is 11.0 Å². The number of para-hydroxylation sites is 2. The predicted octanol–water partition coefficient (Wildman–Crippen LogP) is 4.54. The van der Waals surface area contributed by atoms with Gasteiger partial charge in [0.05, 0.1) is 17.6 Å². The summed E-state index contributed by atoms with van der Waals surface area (Å²) in [6, 6.07) is 16.3. The van der Waals surface area contributed by atoms with Crippen molar-refractivity contribution in [2.24, 2.45) is 0 Å². The van der Waals surface area contributed by atoms with Crippen LogP contribution in [0.15, 0.2) is 48.5 Å². The van der Waals surface area contributed by atoms with Crippen LogP contribution in [0.3, 0.4) is 0 Å². The molecular formula is C24H29N3O2. The van der Waals surface area contributed by atoms with Crippen molar-refractivity contribution in [3.8, 4) is 5.75 Å². The monoisotopic (exact) mass is 391 g/mol.